The Morgan fingerprint density at radius 3 is 2.35 bits per heavy atom. The second-order valence-corrected chi connectivity index (χ2v) is 4.79. The molecule has 2 rings (SSSR count). The van der Waals surface area contributed by atoms with Crippen LogP contribution in [0, 0.1) is 6.92 Å². The number of hydrogen-bond donors (Lipinski definition) is 0. The summed E-state index contributed by atoms with van der Waals surface area (Å²) in [6.45, 7) is 4.77. The molecule has 0 atom stereocenters. The Morgan fingerprint density at radius 1 is 1.18 bits per heavy atom. The molecule has 0 fully saturated rings. The van der Waals surface area contributed by atoms with E-state index in [9.17, 15) is 0 Å². The van der Waals surface area contributed by atoms with E-state index in [2.05, 4.69) is 12.0 Å². The van der Waals surface area contributed by atoms with Gasteiger partial charge >= 0.3 is 0 Å². The molecule has 0 N–H and O–H groups in total. The Kier molecular flexibility index (Phi) is 3.75. The average Bonchev–Trinajstić information content (AvgIpc) is 2.60. The van der Waals surface area contributed by atoms with Gasteiger partial charge in [0.15, 0.2) is 0 Å². The van der Waals surface area contributed by atoms with E-state index in [1.807, 2.05) is 35.9 Å². The first-order valence-electron chi connectivity index (χ1n) is 5.58. The number of aryl methyl sites for hydroxylation is 1. The molecule has 0 aliphatic rings. The van der Waals surface area contributed by atoms with Crippen molar-refractivity contribution in [1.82, 2.24) is 9.78 Å². The fraction of sp³-hybridized carbons (Fsp3) is 0.308. The van der Waals surface area contributed by atoms with Crippen molar-refractivity contribution in [2.45, 2.75) is 26.8 Å². The van der Waals surface area contributed by atoms with Crippen LogP contribution in [0.15, 0.2) is 24.3 Å². The van der Waals surface area contributed by atoms with Crippen molar-refractivity contribution in [3.05, 3.63) is 51.3 Å². The Labute approximate surface area is 111 Å². The van der Waals surface area contributed by atoms with Crippen molar-refractivity contribution in [3.63, 3.8) is 0 Å². The van der Waals surface area contributed by atoms with E-state index in [0.29, 0.717) is 6.54 Å². The highest BCUT2D eigenvalue weighted by Gasteiger charge is 2.10. The maximum atomic E-state index is 6.25. The third-order valence-electron chi connectivity index (χ3n) is 2.79. The molecule has 0 aliphatic carbocycles. The Balaban J connectivity index is 2.27. The summed E-state index contributed by atoms with van der Waals surface area (Å²) in [5.74, 6) is 0. The van der Waals surface area contributed by atoms with Gasteiger partial charge in [-0.25, -0.2) is 4.68 Å². The minimum absolute atomic E-state index is 0.677. The van der Waals surface area contributed by atoms with E-state index in [4.69, 9.17) is 23.2 Å². The molecule has 1 aromatic carbocycles. The quantitative estimate of drug-likeness (QED) is 0.819. The zero-order valence-electron chi connectivity index (χ0n) is 9.87. The lowest BCUT2D eigenvalue weighted by Crippen LogP contribution is -2.02. The second kappa shape index (κ2) is 5.11. The molecule has 0 radical (unpaired) electrons. The minimum Gasteiger partial charge on any atom is -0.249 e. The molecule has 0 aliphatic heterocycles. The summed E-state index contributed by atoms with van der Waals surface area (Å²) in [7, 11) is 0. The summed E-state index contributed by atoms with van der Waals surface area (Å²) in [5, 5.41) is 5.96. The smallest absolute Gasteiger partial charge is 0.130 e. The monoisotopic (exact) mass is 268 g/mol. The number of halogens is 2. The number of nitrogens with zero attached hydrogens (tertiary/aromatic N) is 2. The molecule has 0 amide bonds. The average molecular weight is 269 g/mol. The highest BCUT2D eigenvalue weighted by atomic mass is 35.5. The normalized spacial score (nSPS) is 10.8. The van der Waals surface area contributed by atoms with E-state index >= 15 is 0 Å². The van der Waals surface area contributed by atoms with Crippen LogP contribution in [0.4, 0.5) is 0 Å². The molecule has 4 heteroatoms. The van der Waals surface area contributed by atoms with Crippen molar-refractivity contribution >= 4 is 23.2 Å². The molecule has 0 unspecified atom stereocenters. The van der Waals surface area contributed by atoms with E-state index < -0.39 is 0 Å². The summed E-state index contributed by atoms with van der Waals surface area (Å²) in [4.78, 5) is 0. The lowest BCUT2D eigenvalue weighted by Gasteiger charge is -2.03. The van der Waals surface area contributed by atoms with Crippen LogP contribution in [-0.2, 0) is 13.0 Å². The molecular formula is C13H14Cl2N2. The topological polar surface area (TPSA) is 17.8 Å². The zero-order chi connectivity index (χ0) is 12.4. The van der Waals surface area contributed by atoms with Gasteiger partial charge in [-0.1, -0.05) is 42.3 Å². The Bertz CT molecular complexity index is 515. The van der Waals surface area contributed by atoms with E-state index in [1.54, 1.807) is 0 Å². The molecule has 2 nitrogen and oxygen atoms in total. The highest BCUT2D eigenvalue weighted by molar-refractivity contribution is 6.30. The molecule has 0 saturated carbocycles. The van der Waals surface area contributed by atoms with Crippen LogP contribution in [0.25, 0.3) is 0 Å². The summed E-state index contributed by atoms with van der Waals surface area (Å²) >= 11 is 12.1. The van der Waals surface area contributed by atoms with Crippen molar-refractivity contribution in [1.29, 1.82) is 0 Å². The summed E-state index contributed by atoms with van der Waals surface area (Å²) < 4.78 is 1.83. The van der Waals surface area contributed by atoms with Crippen LogP contribution >= 0.6 is 23.2 Å². The number of rotatable bonds is 3. The molecule has 1 aromatic heterocycles. The molecule has 1 heterocycles. The minimum atomic E-state index is 0.677. The van der Waals surface area contributed by atoms with Gasteiger partial charge in [-0.05, 0) is 31.0 Å². The first-order valence-corrected chi connectivity index (χ1v) is 6.33. The van der Waals surface area contributed by atoms with Gasteiger partial charge in [-0.15, -0.1) is 0 Å². The predicted octanol–water partition coefficient (Wildman–Crippen LogP) is 4.11. The highest BCUT2D eigenvalue weighted by Crippen LogP contribution is 2.21. The van der Waals surface area contributed by atoms with Crippen molar-refractivity contribution < 1.29 is 0 Å². The SMILES string of the molecule is CCc1nn(Cc2ccc(Cl)cc2)c(Cl)c1C. The largest absolute Gasteiger partial charge is 0.249 e. The number of aromatic nitrogens is 2. The van der Waals surface area contributed by atoms with Crippen molar-refractivity contribution in [2.24, 2.45) is 0 Å². The zero-order valence-corrected chi connectivity index (χ0v) is 11.4. The van der Waals surface area contributed by atoms with Gasteiger partial charge < -0.3 is 0 Å². The number of hydrogen-bond acceptors (Lipinski definition) is 1. The third-order valence-corrected chi connectivity index (χ3v) is 3.52. The summed E-state index contributed by atoms with van der Waals surface area (Å²) in [5.41, 5.74) is 3.27. The lowest BCUT2D eigenvalue weighted by molar-refractivity contribution is 0.674. The fourth-order valence-electron chi connectivity index (χ4n) is 1.78. The van der Waals surface area contributed by atoms with Crippen LogP contribution in [0.3, 0.4) is 0 Å². The Hall–Kier alpha value is -0.990. The fourth-order valence-corrected chi connectivity index (χ4v) is 2.11. The van der Waals surface area contributed by atoms with Gasteiger partial charge in [0.1, 0.15) is 5.15 Å². The van der Waals surface area contributed by atoms with Crippen molar-refractivity contribution in [2.75, 3.05) is 0 Å². The Morgan fingerprint density at radius 2 is 1.82 bits per heavy atom. The second-order valence-electron chi connectivity index (χ2n) is 4.00. The molecule has 17 heavy (non-hydrogen) atoms. The molecular weight excluding hydrogens is 255 g/mol. The molecule has 90 valence electrons. The van der Waals surface area contributed by atoms with E-state index in [0.717, 1.165) is 33.4 Å². The summed E-state index contributed by atoms with van der Waals surface area (Å²) in [6, 6.07) is 7.73. The molecule has 2 aromatic rings. The van der Waals surface area contributed by atoms with Crippen LogP contribution in [-0.4, -0.2) is 9.78 Å². The van der Waals surface area contributed by atoms with Gasteiger partial charge in [-0.2, -0.15) is 5.10 Å². The molecule has 0 saturated heterocycles. The molecule has 0 bridgehead atoms. The predicted molar refractivity (Wildman–Crippen MR) is 71.9 cm³/mol. The van der Waals surface area contributed by atoms with Crippen molar-refractivity contribution in [3.8, 4) is 0 Å². The van der Waals surface area contributed by atoms with Crippen LogP contribution in [0.5, 0.6) is 0 Å². The first-order chi connectivity index (χ1) is 8.11. The van der Waals surface area contributed by atoms with Gasteiger partial charge in [-0.3, -0.25) is 0 Å². The maximum Gasteiger partial charge on any atom is 0.130 e. The summed E-state index contributed by atoms with van der Waals surface area (Å²) in [6.07, 6.45) is 0.902. The van der Waals surface area contributed by atoms with Gasteiger partial charge in [0.2, 0.25) is 0 Å². The molecule has 0 spiro atoms. The van der Waals surface area contributed by atoms with Crippen LogP contribution < -0.4 is 0 Å². The lowest BCUT2D eigenvalue weighted by atomic mass is 10.2. The van der Waals surface area contributed by atoms with Crippen LogP contribution in [0.1, 0.15) is 23.7 Å². The number of benzene rings is 1. The van der Waals surface area contributed by atoms with E-state index in [1.165, 1.54) is 0 Å². The van der Waals surface area contributed by atoms with E-state index in [-0.39, 0.29) is 0 Å². The third kappa shape index (κ3) is 2.64. The first kappa shape index (κ1) is 12.5. The van der Waals surface area contributed by atoms with Gasteiger partial charge in [0.25, 0.3) is 0 Å². The van der Waals surface area contributed by atoms with Gasteiger partial charge in [0, 0.05) is 10.6 Å². The maximum absolute atomic E-state index is 6.25. The van der Waals surface area contributed by atoms with Crippen LogP contribution in [0.2, 0.25) is 10.2 Å². The standard InChI is InChI=1S/C13H14Cl2N2/c1-3-12-9(2)13(15)17(16-12)8-10-4-6-11(14)7-5-10/h4-7H,3,8H2,1-2H3. The van der Waals surface area contributed by atoms with Gasteiger partial charge in [0.05, 0.1) is 12.2 Å².